The van der Waals surface area contributed by atoms with Crippen molar-refractivity contribution in [3.63, 3.8) is 0 Å². The van der Waals surface area contributed by atoms with Gasteiger partial charge in [0.05, 0.1) is 6.20 Å². The summed E-state index contributed by atoms with van der Waals surface area (Å²) in [5.41, 5.74) is 0.505. The highest BCUT2D eigenvalue weighted by Crippen LogP contribution is 2.06. The molecule has 5 nitrogen and oxygen atoms in total. The normalized spacial score (nSPS) is 10.8. The molecule has 0 saturated carbocycles. The van der Waals surface area contributed by atoms with E-state index in [0.717, 1.165) is 0 Å². The average Bonchev–Trinajstić information content (AvgIpc) is 2.16. The van der Waals surface area contributed by atoms with Gasteiger partial charge in [-0.3, -0.25) is 9.36 Å². The molecule has 0 aliphatic carbocycles. The Morgan fingerprint density at radius 1 is 1.43 bits per heavy atom. The number of nitrogens with zero attached hydrogens (tertiary/aromatic N) is 4. The van der Waals surface area contributed by atoms with Gasteiger partial charge < -0.3 is 0 Å². The Kier molecular flexibility index (Phi) is 1.96. The van der Waals surface area contributed by atoms with E-state index in [1.807, 2.05) is 0 Å². The van der Waals surface area contributed by atoms with Gasteiger partial charge in [0.1, 0.15) is 11.3 Å². The van der Waals surface area contributed by atoms with Crippen molar-refractivity contribution < 1.29 is 0 Å². The van der Waals surface area contributed by atoms with Crippen LogP contribution < -0.4 is 5.56 Å². The lowest BCUT2D eigenvalue weighted by atomic mass is 10.4. The van der Waals surface area contributed by atoms with E-state index >= 15 is 0 Å². The van der Waals surface area contributed by atoms with Gasteiger partial charge in [-0.25, -0.2) is 15.0 Å². The van der Waals surface area contributed by atoms with Crippen LogP contribution in [0, 0.1) is 6.92 Å². The molecule has 0 radical (unpaired) electrons. The summed E-state index contributed by atoms with van der Waals surface area (Å²) in [6.45, 7) is 1.75. The molecule has 72 valence electrons. The minimum atomic E-state index is -0.211. The highest BCUT2D eigenvalue weighted by atomic mass is 35.5. The van der Waals surface area contributed by atoms with Gasteiger partial charge in [-0.15, -0.1) is 0 Å². The maximum absolute atomic E-state index is 11.7. The molecular weight excluding hydrogens is 204 g/mol. The second-order valence-corrected chi connectivity index (χ2v) is 3.23. The summed E-state index contributed by atoms with van der Waals surface area (Å²) in [4.78, 5) is 23.4. The fourth-order valence-corrected chi connectivity index (χ4v) is 1.28. The van der Waals surface area contributed by atoms with Gasteiger partial charge in [0.2, 0.25) is 5.28 Å². The van der Waals surface area contributed by atoms with Crippen LogP contribution in [0.25, 0.3) is 11.0 Å². The van der Waals surface area contributed by atoms with E-state index in [9.17, 15) is 4.79 Å². The molecular formula is C8H7ClN4O. The van der Waals surface area contributed by atoms with Crippen LogP contribution in [0.1, 0.15) is 5.82 Å². The first-order valence-electron chi connectivity index (χ1n) is 3.95. The predicted molar refractivity (Wildman–Crippen MR) is 52.3 cm³/mol. The quantitative estimate of drug-likeness (QED) is 0.600. The Hall–Kier alpha value is -1.49. The van der Waals surface area contributed by atoms with Crippen LogP contribution in [0.4, 0.5) is 0 Å². The molecule has 0 fully saturated rings. The minimum Gasteiger partial charge on any atom is -0.298 e. The van der Waals surface area contributed by atoms with Crippen molar-refractivity contribution in [2.75, 3.05) is 0 Å². The van der Waals surface area contributed by atoms with E-state index in [1.54, 1.807) is 14.0 Å². The molecule has 2 rings (SSSR count). The van der Waals surface area contributed by atoms with Crippen molar-refractivity contribution >= 4 is 22.6 Å². The first-order valence-corrected chi connectivity index (χ1v) is 4.33. The maximum Gasteiger partial charge on any atom is 0.279 e. The number of hydrogen-bond acceptors (Lipinski definition) is 4. The maximum atomic E-state index is 11.7. The molecule has 0 aliphatic rings. The van der Waals surface area contributed by atoms with E-state index in [4.69, 9.17) is 11.6 Å². The first kappa shape index (κ1) is 9.08. The van der Waals surface area contributed by atoms with Gasteiger partial charge >= 0.3 is 0 Å². The SMILES string of the molecule is Cc1nc2cnc(Cl)nc2c(=O)n1C. The highest BCUT2D eigenvalue weighted by Gasteiger charge is 2.07. The molecule has 0 atom stereocenters. The molecule has 0 N–H and O–H groups in total. The average molecular weight is 211 g/mol. The predicted octanol–water partition coefficient (Wildman–Crippen LogP) is 0.685. The minimum absolute atomic E-state index is 0.0558. The number of aryl methyl sites for hydroxylation is 1. The van der Waals surface area contributed by atoms with Crippen LogP contribution >= 0.6 is 11.6 Å². The summed E-state index contributed by atoms with van der Waals surface area (Å²) < 4.78 is 1.42. The molecule has 2 aromatic rings. The van der Waals surface area contributed by atoms with Crippen molar-refractivity contribution in [1.82, 2.24) is 19.5 Å². The zero-order valence-electron chi connectivity index (χ0n) is 7.65. The molecule has 2 aromatic heterocycles. The van der Waals surface area contributed by atoms with Crippen molar-refractivity contribution in [2.24, 2.45) is 7.05 Å². The lowest BCUT2D eigenvalue weighted by molar-refractivity contribution is 0.787. The van der Waals surface area contributed by atoms with E-state index in [1.165, 1.54) is 10.8 Å². The van der Waals surface area contributed by atoms with Crippen LogP contribution in [0.5, 0.6) is 0 Å². The van der Waals surface area contributed by atoms with E-state index in [0.29, 0.717) is 11.3 Å². The lowest BCUT2D eigenvalue weighted by Gasteiger charge is -2.03. The van der Waals surface area contributed by atoms with Crippen molar-refractivity contribution in [2.45, 2.75) is 6.92 Å². The van der Waals surface area contributed by atoms with Crippen LogP contribution in [0.3, 0.4) is 0 Å². The van der Waals surface area contributed by atoms with Gasteiger partial charge in [0.25, 0.3) is 5.56 Å². The van der Waals surface area contributed by atoms with Crippen LogP contribution in [0.15, 0.2) is 11.0 Å². The monoisotopic (exact) mass is 210 g/mol. The Labute approximate surface area is 84.4 Å². The highest BCUT2D eigenvalue weighted by molar-refractivity contribution is 6.28. The second kappa shape index (κ2) is 3.02. The molecule has 0 amide bonds. The standard InChI is InChI=1S/C8H7ClN4O/c1-4-11-5-3-10-8(9)12-6(5)7(14)13(4)2/h3H,1-2H3. The number of rotatable bonds is 0. The third-order valence-electron chi connectivity index (χ3n) is 2.01. The fourth-order valence-electron chi connectivity index (χ4n) is 1.15. The van der Waals surface area contributed by atoms with E-state index in [2.05, 4.69) is 15.0 Å². The Morgan fingerprint density at radius 2 is 2.14 bits per heavy atom. The summed E-state index contributed by atoms with van der Waals surface area (Å²) in [7, 11) is 1.64. The summed E-state index contributed by atoms with van der Waals surface area (Å²) in [6.07, 6.45) is 1.44. The van der Waals surface area contributed by atoms with Crippen LogP contribution in [-0.4, -0.2) is 19.5 Å². The Morgan fingerprint density at radius 3 is 2.86 bits per heavy atom. The molecule has 0 aromatic carbocycles. The third-order valence-corrected chi connectivity index (χ3v) is 2.20. The number of halogens is 1. The summed E-state index contributed by atoms with van der Waals surface area (Å²) in [5.74, 6) is 0.619. The molecule has 6 heteroatoms. The van der Waals surface area contributed by atoms with Gasteiger partial charge in [-0.05, 0) is 18.5 Å². The zero-order valence-corrected chi connectivity index (χ0v) is 8.41. The van der Waals surface area contributed by atoms with Crippen LogP contribution in [0.2, 0.25) is 5.28 Å². The second-order valence-electron chi connectivity index (χ2n) is 2.90. The summed E-state index contributed by atoms with van der Waals surface area (Å²) >= 11 is 5.58. The number of hydrogen-bond donors (Lipinski definition) is 0. The fraction of sp³-hybridized carbons (Fsp3) is 0.250. The molecule has 2 heterocycles. The first-order chi connectivity index (χ1) is 6.59. The Bertz CT molecular complexity index is 563. The molecule has 0 bridgehead atoms. The smallest absolute Gasteiger partial charge is 0.279 e. The van der Waals surface area contributed by atoms with Crippen molar-refractivity contribution in [3.05, 3.63) is 27.7 Å². The van der Waals surface area contributed by atoms with E-state index < -0.39 is 0 Å². The lowest BCUT2D eigenvalue weighted by Crippen LogP contribution is -2.21. The van der Waals surface area contributed by atoms with Crippen molar-refractivity contribution in [1.29, 1.82) is 0 Å². The molecule has 0 unspecified atom stereocenters. The largest absolute Gasteiger partial charge is 0.298 e. The molecule has 0 spiro atoms. The van der Waals surface area contributed by atoms with Crippen LogP contribution in [-0.2, 0) is 7.05 Å². The van der Waals surface area contributed by atoms with Crippen molar-refractivity contribution in [3.8, 4) is 0 Å². The van der Waals surface area contributed by atoms with E-state index in [-0.39, 0.29) is 16.4 Å². The number of aromatic nitrogens is 4. The summed E-state index contributed by atoms with van der Waals surface area (Å²) in [6, 6.07) is 0. The Balaban J connectivity index is 2.99. The third kappa shape index (κ3) is 1.26. The molecule has 14 heavy (non-hydrogen) atoms. The number of fused-ring (bicyclic) bond motifs is 1. The van der Waals surface area contributed by atoms with Gasteiger partial charge in [0.15, 0.2) is 5.52 Å². The van der Waals surface area contributed by atoms with Gasteiger partial charge in [-0.1, -0.05) is 0 Å². The molecule has 0 aliphatic heterocycles. The van der Waals surface area contributed by atoms with Gasteiger partial charge in [0, 0.05) is 7.05 Å². The molecule has 0 saturated heterocycles. The topological polar surface area (TPSA) is 60.7 Å². The van der Waals surface area contributed by atoms with Gasteiger partial charge in [-0.2, -0.15) is 0 Å². The summed E-state index contributed by atoms with van der Waals surface area (Å²) in [5, 5.41) is 0.0558. The zero-order chi connectivity index (χ0) is 10.3.